The van der Waals surface area contributed by atoms with Crippen LogP contribution in [-0.2, 0) is 0 Å². The fraction of sp³-hybridized carbons (Fsp3) is 0.125. The highest BCUT2D eigenvalue weighted by Gasteiger charge is 2.15. The maximum absolute atomic E-state index is 11.8. The molecule has 2 aromatic carbocycles. The number of methoxy groups -OCH3 is 1. The van der Waals surface area contributed by atoms with Gasteiger partial charge in [0, 0.05) is 17.3 Å². The van der Waals surface area contributed by atoms with Crippen molar-refractivity contribution in [3.05, 3.63) is 57.6 Å². The first kappa shape index (κ1) is 17.7. The largest absolute Gasteiger partial charge is 0.504 e. The number of phenols is 1. The number of aryl methyl sites for hydroxylation is 1. The predicted octanol–water partition coefficient (Wildman–Crippen LogP) is 2.77. The number of nitro benzene ring substituents is 1. The number of nitro groups is 1. The summed E-state index contributed by atoms with van der Waals surface area (Å²) in [6.07, 6.45) is 1.09. The molecule has 25 heavy (non-hydrogen) atoms. The quantitative estimate of drug-likeness (QED) is 0.437. The highest BCUT2D eigenvalue weighted by Crippen LogP contribution is 2.33. The number of carbonyl (C=O) groups excluding carboxylic acids is 1. The van der Waals surface area contributed by atoms with Gasteiger partial charge in [0.05, 0.1) is 24.3 Å². The third-order valence-electron chi connectivity index (χ3n) is 3.28. The number of ether oxygens (including phenoxy) is 1. The van der Waals surface area contributed by atoms with Crippen LogP contribution in [0.15, 0.2) is 41.5 Å². The zero-order valence-corrected chi connectivity index (χ0v) is 13.5. The van der Waals surface area contributed by atoms with Crippen molar-refractivity contribution in [3.63, 3.8) is 0 Å². The molecular weight excluding hydrogens is 328 g/mol. The molecule has 0 heterocycles. The SMILES string of the molecule is COc1cc([N+](=O)[O-])cc(C=NNC(=O)Nc2ccccc2C)c1O. The molecule has 0 unspecified atom stereocenters. The maximum atomic E-state index is 11.8. The smallest absolute Gasteiger partial charge is 0.339 e. The van der Waals surface area contributed by atoms with Crippen molar-refractivity contribution >= 4 is 23.6 Å². The molecule has 9 heteroatoms. The van der Waals surface area contributed by atoms with Crippen molar-refractivity contribution in [1.82, 2.24) is 5.43 Å². The number of carbonyl (C=O) groups is 1. The number of non-ortho nitro benzene ring substituents is 1. The lowest BCUT2D eigenvalue weighted by Gasteiger charge is -2.07. The van der Waals surface area contributed by atoms with Crippen LogP contribution in [-0.4, -0.2) is 29.4 Å². The normalized spacial score (nSPS) is 10.5. The van der Waals surface area contributed by atoms with Gasteiger partial charge in [-0.15, -0.1) is 0 Å². The molecule has 130 valence electrons. The van der Waals surface area contributed by atoms with Crippen molar-refractivity contribution in [2.45, 2.75) is 6.92 Å². The van der Waals surface area contributed by atoms with Gasteiger partial charge >= 0.3 is 6.03 Å². The highest BCUT2D eigenvalue weighted by molar-refractivity contribution is 5.92. The Morgan fingerprint density at radius 1 is 1.36 bits per heavy atom. The average Bonchev–Trinajstić information content (AvgIpc) is 2.58. The number of phenolic OH excluding ortho intramolecular Hbond substituents is 1. The van der Waals surface area contributed by atoms with Gasteiger partial charge in [-0.25, -0.2) is 10.2 Å². The number of anilines is 1. The van der Waals surface area contributed by atoms with Gasteiger partial charge in [-0.1, -0.05) is 18.2 Å². The predicted molar refractivity (Wildman–Crippen MR) is 92.2 cm³/mol. The van der Waals surface area contributed by atoms with E-state index in [1.807, 2.05) is 19.1 Å². The number of nitrogens with one attached hydrogen (secondary N) is 2. The van der Waals surface area contributed by atoms with Crippen LogP contribution in [0, 0.1) is 17.0 Å². The van der Waals surface area contributed by atoms with Crippen LogP contribution in [0.4, 0.5) is 16.2 Å². The van der Waals surface area contributed by atoms with E-state index in [0.717, 1.165) is 23.9 Å². The van der Waals surface area contributed by atoms with E-state index in [-0.39, 0.29) is 22.7 Å². The first-order valence-electron chi connectivity index (χ1n) is 7.13. The first-order valence-corrected chi connectivity index (χ1v) is 7.13. The Bertz CT molecular complexity index is 835. The van der Waals surface area contributed by atoms with E-state index in [1.165, 1.54) is 7.11 Å². The number of nitrogens with zero attached hydrogens (tertiary/aromatic N) is 2. The Labute approximate surface area is 143 Å². The van der Waals surface area contributed by atoms with Gasteiger partial charge in [0.2, 0.25) is 0 Å². The van der Waals surface area contributed by atoms with E-state index in [4.69, 9.17) is 4.74 Å². The van der Waals surface area contributed by atoms with E-state index < -0.39 is 11.0 Å². The minimum Gasteiger partial charge on any atom is -0.504 e. The summed E-state index contributed by atoms with van der Waals surface area (Å²) >= 11 is 0. The maximum Gasteiger partial charge on any atom is 0.339 e. The van der Waals surface area contributed by atoms with Crippen LogP contribution in [0.2, 0.25) is 0 Å². The van der Waals surface area contributed by atoms with Gasteiger partial charge in [0.1, 0.15) is 0 Å². The molecule has 0 saturated carbocycles. The van der Waals surface area contributed by atoms with Crippen molar-refractivity contribution < 1.29 is 19.6 Å². The van der Waals surface area contributed by atoms with Gasteiger partial charge < -0.3 is 15.2 Å². The fourth-order valence-corrected chi connectivity index (χ4v) is 2.00. The molecular formula is C16H16N4O5. The molecule has 9 nitrogen and oxygen atoms in total. The number of hydrogen-bond donors (Lipinski definition) is 3. The molecule has 0 radical (unpaired) electrons. The zero-order valence-electron chi connectivity index (χ0n) is 13.5. The van der Waals surface area contributed by atoms with E-state index in [0.29, 0.717) is 5.69 Å². The first-order chi connectivity index (χ1) is 11.9. The molecule has 2 amide bonds. The van der Waals surface area contributed by atoms with E-state index in [1.54, 1.807) is 12.1 Å². The monoisotopic (exact) mass is 344 g/mol. The average molecular weight is 344 g/mol. The molecule has 0 bridgehead atoms. The molecule has 0 atom stereocenters. The molecule has 2 rings (SSSR count). The summed E-state index contributed by atoms with van der Waals surface area (Å²) in [6, 6.07) is 8.80. The van der Waals surface area contributed by atoms with Crippen molar-refractivity contribution in [3.8, 4) is 11.5 Å². The molecule has 0 spiro atoms. The number of benzene rings is 2. The van der Waals surface area contributed by atoms with E-state index >= 15 is 0 Å². The standard InChI is InChI=1S/C16H16N4O5/c1-10-5-3-4-6-13(10)18-16(22)19-17-9-11-7-12(20(23)24)8-14(25-2)15(11)21/h3-9,21H,1-2H3,(H2,18,19,22). The number of urea groups is 1. The summed E-state index contributed by atoms with van der Waals surface area (Å²) in [5, 5.41) is 27.1. The lowest BCUT2D eigenvalue weighted by Crippen LogP contribution is -2.24. The summed E-state index contributed by atoms with van der Waals surface area (Å²) in [7, 11) is 1.27. The Morgan fingerprint density at radius 2 is 2.08 bits per heavy atom. The van der Waals surface area contributed by atoms with Gasteiger partial charge in [-0.3, -0.25) is 10.1 Å². The third kappa shape index (κ3) is 4.44. The summed E-state index contributed by atoms with van der Waals surface area (Å²) in [5.41, 5.74) is 3.47. The molecule has 0 aliphatic heterocycles. The van der Waals surface area contributed by atoms with E-state index in [9.17, 15) is 20.0 Å². The second-order valence-electron chi connectivity index (χ2n) is 4.98. The lowest BCUT2D eigenvalue weighted by molar-refractivity contribution is -0.385. The second kappa shape index (κ2) is 7.77. The number of rotatable bonds is 5. The zero-order chi connectivity index (χ0) is 18.4. The Kier molecular flexibility index (Phi) is 5.51. The van der Waals surface area contributed by atoms with Crippen LogP contribution < -0.4 is 15.5 Å². The van der Waals surface area contributed by atoms with Crippen LogP contribution >= 0.6 is 0 Å². The van der Waals surface area contributed by atoms with Gasteiger partial charge in [0.15, 0.2) is 11.5 Å². The molecule has 0 saturated heterocycles. The summed E-state index contributed by atoms with van der Waals surface area (Å²) < 4.78 is 4.88. The number of para-hydroxylation sites is 1. The topological polar surface area (TPSA) is 126 Å². The summed E-state index contributed by atoms with van der Waals surface area (Å²) in [5.74, 6) is -0.391. The van der Waals surface area contributed by atoms with Gasteiger partial charge in [-0.05, 0) is 18.6 Å². The summed E-state index contributed by atoms with van der Waals surface area (Å²) in [6.45, 7) is 1.84. The number of hydrazone groups is 1. The van der Waals surface area contributed by atoms with Crippen molar-refractivity contribution in [2.75, 3.05) is 12.4 Å². The van der Waals surface area contributed by atoms with Crippen LogP contribution in [0.25, 0.3) is 0 Å². The fourth-order valence-electron chi connectivity index (χ4n) is 2.00. The lowest BCUT2D eigenvalue weighted by atomic mass is 10.2. The highest BCUT2D eigenvalue weighted by atomic mass is 16.6. The number of amides is 2. The molecule has 0 aromatic heterocycles. The number of hydrogen-bond acceptors (Lipinski definition) is 6. The molecule has 2 aromatic rings. The number of aromatic hydroxyl groups is 1. The Balaban J connectivity index is 2.11. The van der Waals surface area contributed by atoms with Crippen molar-refractivity contribution in [1.29, 1.82) is 0 Å². The Morgan fingerprint density at radius 3 is 2.72 bits per heavy atom. The van der Waals surface area contributed by atoms with Crippen molar-refractivity contribution in [2.24, 2.45) is 5.10 Å². The van der Waals surface area contributed by atoms with Gasteiger partial charge in [0.25, 0.3) is 5.69 Å². The van der Waals surface area contributed by atoms with Crippen LogP contribution in [0.1, 0.15) is 11.1 Å². The Hall–Kier alpha value is -3.62. The van der Waals surface area contributed by atoms with Gasteiger partial charge in [-0.2, -0.15) is 5.10 Å². The van der Waals surface area contributed by atoms with E-state index in [2.05, 4.69) is 15.8 Å². The van der Waals surface area contributed by atoms with Crippen LogP contribution in [0.5, 0.6) is 11.5 Å². The summed E-state index contributed by atoms with van der Waals surface area (Å²) in [4.78, 5) is 22.1. The third-order valence-corrected chi connectivity index (χ3v) is 3.28. The molecule has 0 aliphatic rings. The molecule has 0 aliphatic carbocycles. The second-order valence-corrected chi connectivity index (χ2v) is 4.98. The minimum absolute atomic E-state index is 0.0299. The molecule has 3 N–H and O–H groups in total. The van der Waals surface area contributed by atoms with Crippen LogP contribution in [0.3, 0.4) is 0 Å². The minimum atomic E-state index is -0.627. The molecule has 0 fully saturated rings.